The van der Waals surface area contributed by atoms with Crippen molar-refractivity contribution in [2.24, 2.45) is 0 Å². The van der Waals surface area contributed by atoms with Crippen molar-refractivity contribution in [3.63, 3.8) is 0 Å². The maximum absolute atomic E-state index is 2.63. The molecule has 0 N–H and O–H groups in total. The molecule has 0 fully saturated rings. The highest BCUT2D eigenvalue weighted by molar-refractivity contribution is 6.28. The van der Waals surface area contributed by atoms with E-state index in [1.165, 1.54) is 181 Å². The van der Waals surface area contributed by atoms with Crippen molar-refractivity contribution in [1.82, 2.24) is 9.13 Å². The number of aromatic nitrogens is 2. The Morgan fingerprint density at radius 1 is 0.159 bits per heavy atom. The van der Waals surface area contributed by atoms with Crippen LogP contribution in [0.25, 0.3) is 186 Å². The molecule has 1 unspecified atom stereocenters. The third kappa shape index (κ3) is 9.83. The van der Waals surface area contributed by atoms with Gasteiger partial charge in [0, 0.05) is 61.1 Å². The predicted molar refractivity (Wildman–Crippen MR) is 553 cm³/mol. The standard InChI is InChI=1S/C128H78N4/c1-2-30-82(31-3-1)130-117-56-25-18-46-106(117)124-119(130)58-29-59-120(124)132(86-72-74-97-93-37-7-5-33-89(93)91-35-9-11-39-95(91)108(97)78-86)122-61-28-49-104-101-43-15-22-53-113(101)128(126(104)122)114-54-23-16-44-102(114)109-76-81(66-75-115(109)128)79-62-67-84(68-63-79)131-116-55-24-17-45-105(116)123-87(47-26-57-118(123)131)80-64-69-83(70-65-80)129(85-71-73-96-92-36-6-4-32-88(92)90-34-8-10-38-94(90)107(96)77-85)121-60-27-48-103-100-42-14-21-52-112(100)127(125(103)121)110-50-19-12-40-98(110)99-41-13-20-51-111(99)127/h1-78H. The fourth-order valence-corrected chi connectivity index (χ4v) is 24.9. The van der Waals surface area contributed by atoms with Gasteiger partial charge in [-0.15, -0.1) is 0 Å². The lowest BCUT2D eigenvalue weighted by Crippen LogP contribution is -2.28. The van der Waals surface area contributed by atoms with E-state index in [0.29, 0.717) is 0 Å². The molecule has 0 amide bonds. The first-order valence-electron chi connectivity index (χ1n) is 46.0. The number of hydrogen-bond acceptors (Lipinski definition) is 2. The summed E-state index contributed by atoms with van der Waals surface area (Å²) in [5, 5.41) is 19.7. The van der Waals surface area contributed by atoms with Gasteiger partial charge in [0.15, 0.2) is 0 Å². The Morgan fingerprint density at radius 2 is 0.470 bits per heavy atom. The van der Waals surface area contributed by atoms with Gasteiger partial charge in [-0.3, -0.25) is 0 Å². The van der Waals surface area contributed by atoms with Crippen LogP contribution in [-0.2, 0) is 10.8 Å². The van der Waals surface area contributed by atoms with Gasteiger partial charge in [-0.05, 0) is 274 Å². The molecule has 4 heteroatoms. The molecule has 2 heterocycles. The molecule has 132 heavy (non-hydrogen) atoms. The van der Waals surface area contributed by atoms with Crippen molar-refractivity contribution in [2.45, 2.75) is 10.8 Å². The van der Waals surface area contributed by atoms with Crippen LogP contribution in [0.4, 0.5) is 34.1 Å². The summed E-state index contributed by atoms with van der Waals surface area (Å²) in [6.45, 7) is 0. The van der Waals surface area contributed by atoms with E-state index in [1.807, 2.05) is 0 Å². The van der Waals surface area contributed by atoms with Crippen LogP contribution >= 0.6 is 0 Å². The lowest BCUT2D eigenvalue weighted by atomic mass is 9.69. The Hall–Kier alpha value is -17.2. The molecule has 2 spiro atoms. The van der Waals surface area contributed by atoms with Gasteiger partial charge < -0.3 is 18.9 Å². The molecule has 4 nitrogen and oxygen atoms in total. The fourth-order valence-electron chi connectivity index (χ4n) is 24.9. The second kappa shape index (κ2) is 27.7. The fraction of sp³-hybridized carbons (Fsp3) is 0.0156. The molecule has 0 saturated carbocycles. The highest BCUT2D eigenvalue weighted by Crippen LogP contribution is 2.69. The van der Waals surface area contributed by atoms with E-state index in [1.54, 1.807) is 0 Å². The number of anilines is 6. The zero-order valence-electron chi connectivity index (χ0n) is 71.8. The highest BCUT2D eigenvalue weighted by Gasteiger charge is 2.55. The normalized spacial score (nSPS) is 14.0. The van der Waals surface area contributed by atoms with Crippen molar-refractivity contribution >= 4 is 142 Å². The largest absolute Gasteiger partial charge is 0.310 e. The molecule has 0 bridgehead atoms. The van der Waals surface area contributed by atoms with Crippen LogP contribution in [0.15, 0.2) is 473 Å². The van der Waals surface area contributed by atoms with Crippen LogP contribution in [0.2, 0.25) is 0 Å². The van der Waals surface area contributed by atoms with Crippen molar-refractivity contribution in [2.75, 3.05) is 9.80 Å². The summed E-state index contributed by atoms with van der Waals surface area (Å²) in [4.78, 5) is 5.20. The van der Waals surface area contributed by atoms with Crippen LogP contribution in [0, 0.1) is 0 Å². The minimum Gasteiger partial charge on any atom is -0.310 e. The molecule has 29 rings (SSSR count). The maximum atomic E-state index is 2.63. The Bertz CT molecular complexity index is 9180. The van der Waals surface area contributed by atoms with Gasteiger partial charge in [-0.2, -0.15) is 0 Å². The van der Waals surface area contributed by atoms with E-state index in [-0.39, 0.29) is 0 Å². The van der Waals surface area contributed by atoms with Crippen LogP contribution in [0.3, 0.4) is 0 Å². The number of rotatable bonds is 10. The van der Waals surface area contributed by atoms with Gasteiger partial charge in [0.1, 0.15) is 0 Å². The third-order valence-electron chi connectivity index (χ3n) is 30.1. The zero-order valence-corrected chi connectivity index (χ0v) is 71.8. The van der Waals surface area contributed by atoms with E-state index in [0.717, 1.165) is 84.3 Å². The van der Waals surface area contributed by atoms with Gasteiger partial charge in [0.25, 0.3) is 0 Å². The summed E-state index contributed by atoms with van der Waals surface area (Å²) in [6.07, 6.45) is 0. The Kier molecular flexibility index (Phi) is 15.3. The molecule has 0 saturated heterocycles. The molecule has 1 atom stereocenters. The summed E-state index contributed by atoms with van der Waals surface area (Å²) >= 11 is 0. The minimum absolute atomic E-state index is 0.592. The van der Waals surface area contributed by atoms with E-state index in [4.69, 9.17) is 0 Å². The molecule has 25 aromatic rings. The molecule has 4 aliphatic carbocycles. The first-order valence-corrected chi connectivity index (χ1v) is 46.0. The summed E-state index contributed by atoms with van der Waals surface area (Å²) in [5.41, 5.74) is 37.2. The van der Waals surface area contributed by atoms with E-state index < -0.39 is 10.8 Å². The molecular weight excluding hydrogens is 1590 g/mol. The summed E-state index contributed by atoms with van der Waals surface area (Å²) in [7, 11) is 0. The number of fused-ring (bicyclic) bond motifs is 38. The van der Waals surface area contributed by atoms with E-state index in [9.17, 15) is 0 Å². The van der Waals surface area contributed by atoms with Crippen LogP contribution < -0.4 is 9.80 Å². The first-order chi connectivity index (χ1) is 65.5. The smallest absolute Gasteiger partial charge is 0.0746 e. The van der Waals surface area contributed by atoms with E-state index in [2.05, 4.69) is 492 Å². The molecule has 2 aromatic heterocycles. The third-order valence-corrected chi connectivity index (χ3v) is 30.1. The molecular formula is C128H78N4. The minimum atomic E-state index is -0.723. The first kappa shape index (κ1) is 72.9. The lowest BCUT2D eigenvalue weighted by Gasteiger charge is -2.36. The summed E-state index contributed by atoms with van der Waals surface area (Å²) in [6, 6.07) is 179. The van der Waals surface area contributed by atoms with Crippen molar-refractivity contribution < 1.29 is 0 Å². The number of para-hydroxylation sites is 3. The van der Waals surface area contributed by atoms with Gasteiger partial charge in [-0.25, -0.2) is 0 Å². The predicted octanol–water partition coefficient (Wildman–Crippen LogP) is 33.8. The Labute approximate surface area is 762 Å². The van der Waals surface area contributed by atoms with Gasteiger partial charge >= 0.3 is 0 Å². The summed E-state index contributed by atoms with van der Waals surface area (Å²) < 4.78 is 4.93. The van der Waals surface area contributed by atoms with Crippen molar-refractivity contribution in [3.8, 4) is 78.1 Å². The van der Waals surface area contributed by atoms with Crippen LogP contribution in [0.1, 0.15) is 44.5 Å². The van der Waals surface area contributed by atoms with Crippen molar-refractivity contribution in [1.29, 1.82) is 0 Å². The van der Waals surface area contributed by atoms with Crippen LogP contribution in [0.5, 0.6) is 0 Å². The van der Waals surface area contributed by atoms with Crippen molar-refractivity contribution in [3.05, 3.63) is 518 Å². The zero-order chi connectivity index (χ0) is 86.2. The number of benzene rings is 23. The Morgan fingerprint density at radius 3 is 0.962 bits per heavy atom. The molecule has 23 aromatic carbocycles. The van der Waals surface area contributed by atoms with Crippen LogP contribution in [-0.4, -0.2) is 9.13 Å². The average molecular weight is 1670 g/mol. The number of nitrogens with zero attached hydrogens (tertiary/aromatic N) is 4. The molecule has 610 valence electrons. The molecule has 0 radical (unpaired) electrons. The Balaban J connectivity index is 0.569. The topological polar surface area (TPSA) is 16.3 Å². The maximum Gasteiger partial charge on any atom is 0.0746 e. The lowest BCUT2D eigenvalue weighted by molar-refractivity contribution is 0.793. The van der Waals surface area contributed by atoms with Gasteiger partial charge in [0.05, 0.1) is 50.0 Å². The second-order valence-corrected chi connectivity index (χ2v) is 36.2. The van der Waals surface area contributed by atoms with Gasteiger partial charge in [0.2, 0.25) is 0 Å². The summed E-state index contributed by atoms with van der Waals surface area (Å²) in [5.74, 6) is 0. The number of hydrogen-bond donors (Lipinski definition) is 0. The van der Waals surface area contributed by atoms with Gasteiger partial charge in [-0.1, -0.05) is 364 Å². The second-order valence-electron chi connectivity index (χ2n) is 36.2. The highest BCUT2D eigenvalue weighted by atomic mass is 15.2. The monoisotopic (exact) mass is 1670 g/mol. The SMILES string of the molecule is c1ccc(-n2c3ccccc3c3c(N(c4ccc5c6ccccc6c6ccccc6c5c4)c4cccc5c4C4(c6ccccc6-c6cc(-c7ccc(-n8c9ccccc9c9c(-c%10ccc(N(c%11ccc%12c%13ccccc%13c%13ccccc%13c%12c%11)c%11cccc%12c%11C%11(c%13ccccc%13-c%13ccccc%13%11)c%11ccccc%11-%12)cc%10)cccc98)cc7)ccc64)c4ccccc4-5)cccc32)cc1. The average Bonchev–Trinajstić information content (AvgIpc) is 1.52. The quantitative estimate of drug-likeness (QED) is 0.127. The van der Waals surface area contributed by atoms with E-state index >= 15 is 0 Å². The molecule has 0 aliphatic heterocycles. The molecule has 4 aliphatic rings.